The monoisotopic (exact) mass is 267 g/mol. The summed E-state index contributed by atoms with van der Waals surface area (Å²) in [5, 5.41) is 10.7. The van der Waals surface area contributed by atoms with Crippen molar-refractivity contribution in [2.24, 2.45) is 5.73 Å². The lowest BCUT2D eigenvalue weighted by Crippen LogP contribution is -2.46. The van der Waals surface area contributed by atoms with Crippen molar-refractivity contribution in [2.45, 2.75) is 12.1 Å². The maximum absolute atomic E-state index is 10.7. The molecule has 0 heterocycles. The van der Waals surface area contributed by atoms with Crippen molar-refractivity contribution >= 4 is 23.7 Å². The second-order valence-corrected chi connectivity index (χ2v) is 4.07. The van der Waals surface area contributed by atoms with Crippen molar-refractivity contribution in [3.8, 4) is 0 Å². The highest BCUT2D eigenvalue weighted by Gasteiger charge is 2.35. The number of hydrogen-bond acceptors (Lipinski definition) is 4. The van der Waals surface area contributed by atoms with E-state index in [4.69, 9.17) is 11.5 Å². The molecule has 0 bridgehead atoms. The molecule has 1 unspecified atom stereocenters. The Morgan fingerprint density at radius 1 is 1.28 bits per heavy atom. The number of nitrogens with zero attached hydrogens (tertiary/aromatic N) is 1. The number of rotatable bonds is 2. The van der Waals surface area contributed by atoms with Gasteiger partial charge in [0.25, 0.3) is 5.66 Å². The number of allylic oxidation sites excluding steroid dienone is 2. The summed E-state index contributed by atoms with van der Waals surface area (Å²) in [4.78, 5) is 10.3. The lowest BCUT2D eigenvalue weighted by Gasteiger charge is -2.19. The molecule has 0 aliphatic heterocycles. The van der Waals surface area contributed by atoms with Gasteiger partial charge in [-0.05, 0) is 23.3 Å². The number of anilines is 1. The Bertz CT molecular complexity index is 511. The number of nitro groups is 1. The molecule has 1 aliphatic carbocycles. The zero-order valence-corrected chi connectivity index (χ0v) is 10.4. The van der Waals surface area contributed by atoms with E-state index in [0.717, 1.165) is 11.1 Å². The molecule has 0 radical (unpaired) electrons. The van der Waals surface area contributed by atoms with Crippen LogP contribution in [0.4, 0.5) is 5.69 Å². The highest BCUT2D eigenvalue weighted by atomic mass is 35.5. The molecule has 0 spiro atoms. The van der Waals surface area contributed by atoms with Crippen LogP contribution in [0.5, 0.6) is 0 Å². The molecule has 1 atom stereocenters. The topological polar surface area (TPSA) is 95.2 Å². The Hall–Kier alpha value is -1.85. The normalized spacial score (nSPS) is 21.9. The van der Waals surface area contributed by atoms with Gasteiger partial charge < -0.3 is 5.73 Å². The van der Waals surface area contributed by atoms with Crippen LogP contribution in [0.1, 0.15) is 12.0 Å². The van der Waals surface area contributed by atoms with Crippen molar-refractivity contribution in [1.29, 1.82) is 0 Å². The van der Waals surface area contributed by atoms with Crippen LogP contribution in [-0.4, -0.2) is 10.6 Å². The quantitative estimate of drug-likeness (QED) is 0.371. The molecule has 96 valence electrons. The molecule has 0 aromatic heterocycles. The Morgan fingerprint density at radius 3 is 2.33 bits per heavy atom. The van der Waals surface area contributed by atoms with Gasteiger partial charge >= 0.3 is 0 Å². The standard InChI is InChI=1S/C12H13N3O2.ClH/c13-11-3-1-9(2-4-11)10-5-7-12(14,8-6-10)15(16)17;/h1-7H,8,13-14H2;1H. The van der Waals surface area contributed by atoms with Crippen LogP contribution in [0.2, 0.25) is 0 Å². The molecule has 18 heavy (non-hydrogen) atoms. The summed E-state index contributed by atoms with van der Waals surface area (Å²) in [7, 11) is 0. The number of nitrogens with two attached hydrogens (primary N) is 2. The van der Waals surface area contributed by atoms with Crippen LogP contribution >= 0.6 is 12.4 Å². The van der Waals surface area contributed by atoms with Gasteiger partial charge in [-0.3, -0.25) is 15.8 Å². The predicted molar refractivity (Wildman–Crippen MR) is 73.7 cm³/mol. The van der Waals surface area contributed by atoms with E-state index >= 15 is 0 Å². The summed E-state index contributed by atoms with van der Waals surface area (Å²) in [6.07, 6.45) is 5.07. The molecule has 0 fully saturated rings. The molecule has 4 N–H and O–H groups in total. The maximum atomic E-state index is 10.7. The average molecular weight is 268 g/mol. The second-order valence-electron chi connectivity index (χ2n) is 4.07. The summed E-state index contributed by atoms with van der Waals surface area (Å²) < 4.78 is 0. The van der Waals surface area contributed by atoms with E-state index in [9.17, 15) is 10.1 Å². The highest BCUT2D eigenvalue weighted by molar-refractivity contribution is 5.85. The molecule has 1 aromatic rings. The van der Waals surface area contributed by atoms with Crippen molar-refractivity contribution < 1.29 is 4.92 Å². The zero-order valence-electron chi connectivity index (χ0n) is 9.58. The van der Waals surface area contributed by atoms with Gasteiger partial charge in [0.15, 0.2) is 0 Å². The van der Waals surface area contributed by atoms with Crippen LogP contribution in [-0.2, 0) is 0 Å². The van der Waals surface area contributed by atoms with Gasteiger partial charge in [-0.2, -0.15) is 0 Å². The van der Waals surface area contributed by atoms with Gasteiger partial charge in [0.05, 0.1) is 6.42 Å². The number of hydrogen-bond donors (Lipinski definition) is 2. The summed E-state index contributed by atoms with van der Waals surface area (Å²) in [5.74, 6) is 0. The van der Waals surface area contributed by atoms with Crippen LogP contribution in [0, 0.1) is 10.1 Å². The third-order valence-corrected chi connectivity index (χ3v) is 2.78. The minimum atomic E-state index is -1.47. The summed E-state index contributed by atoms with van der Waals surface area (Å²) >= 11 is 0. The fourth-order valence-corrected chi connectivity index (χ4v) is 1.67. The van der Waals surface area contributed by atoms with E-state index < -0.39 is 10.6 Å². The van der Waals surface area contributed by atoms with Crippen molar-refractivity contribution in [3.63, 3.8) is 0 Å². The molecule has 0 saturated carbocycles. The van der Waals surface area contributed by atoms with E-state index in [2.05, 4.69) is 0 Å². The minimum Gasteiger partial charge on any atom is -0.399 e. The Kier molecular flexibility index (Phi) is 4.11. The van der Waals surface area contributed by atoms with Crippen LogP contribution in [0.3, 0.4) is 0 Å². The first-order chi connectivity index (χ1) is 8.01. The van der Waals surface area contributed by atoms with Crippen molar-refractivity contribution in [3.05, 3.63) is 58.2 Å². The highest BCUT2D eigenvalue weighted by Crippen LogP contribution is 2.26. The van der Waals surface area contributed by atoms with E-state index in [1.807, 2.05) is 12.1 Å². The fraction of sp³-hybridized carbons (Fsp3) is 0.167. The van der Waals surface area contributed by atoms with Crippen molar-refractivity contribution in [2.75, 3.05) is 5.73 Å². The van der Waals surface area contributed by atoms with Crippen molar-refractivity contribution in [1.82, 2.24) is 0 Å². The lowest BCUT2D eigenvalue weighted by molar-refractivity contribution is -0.553. The van der Waals surface area contributed by atoms with E-state index in [0.29, 0.717) is 5.69 Å². The number of nitrogen functional groups attached to an aromatic ring is 1. The van der Waals surface area contributed by atoms with Gasteiger partial charge in [0, 0.05) is 16.7 Å². The van der Waals surface area contributed by atoms with Gasteiger partial charge in [0.2, 0.25) is 0 Å². The van der Waals surface area contributed by atoms with Gasteiger partial charge in [-0.1, -0.05) is 24.3 Å². The largest absolute Gasteiger partial charge is 0.399 e. The fourth-order valence-electron chi connectivity index (χ4n) is 1.67. The van der Waals surface area contributed by atoms with Gasteiger partial charge in [-0.25, -0.2) is 0 Å². The number of benzene rings is 1. The molecule has 0 saturated heterocycles. The Balaban J connectivity index is 0.00000162. The first-order valence-electron chi connectivity index (χ1n) is 5.20. The SMILES string of the molecule is Cl.Nc1ccc(C2=CCC(N)([N+](=O)[O-])C=C2)cc1. The third kappa shape index (κ3) is 2.69. The van der Waals surface area contributed by atoms with E-state index in [1.165, 1.54) is 6.08 Å². The molecule has 0 amide bonds. The van der Waals surface area contributed by atoms with E-state index in [-0.39, 0.29) is 18.8 Å². The van der Waals surface area contributed by atoms with Crippen LogP contribution in [0.25, 0.3) is 5.57 Å². The maximum Gasteiger partial charge on any atom is 0.295 e. The molecule has 1 aromatic carbocycles. The molecule has 6 heteroatoms. The lowest BCUT2D eigenvalue weighted by atomic mass is 9.94. The van der Waals surface area contributed by atoms with Crippen LogP contribution < -0.4 is 11.5 Å². The smallest absolute Gasteiger partial charge is 0.295 e. The first kappa shape index (κ1) is 14.2. The van der Waals surface area contributed by atoms with Gasteiger partial charge in [0.1, 0.15) is 0 Å². The molecule has 2 rings (SSSR count). The Labute approximate surface area is 111 Å². The summed E-state index contributed by atoms with van der Waals surface area (Å²) in [6.45, 7) is 0. The van der Waals surface area contributed by atoms with Gasteiger partial charge in [-0.15, -0.1) is 12.4 Å². The molecule has 1 aliphatic rings. The average Bonchev–Trinajstić information content (AvgIpc) is 2.31. The molecule has 5 nitrogen and oxygen atoms in total. The Morgan fingerprint density at radius 2 is 1.89 bits per heavy atom. The predicted octanol–water partition coefficient (Wildman–Crippen LogP) is 1.97. The second kappa shape index (κ2) is 5.20. The number of halogens is 1. The minimum absolute atomic E-state index is 0. The first-order valence-corrected chi connectivity index (χ1v) is 5.20. The zero-order chi connectivity index (χ0) is 12.5. The summed E-state index contributed by atoms with van der Waals surface area (Å²) in [5.41, 5.74) is 12.3. The third-order valence-electron chi connectivity index (χ3n) is 2.78. The van der Waals surface area contributed by atoms with E-state index in [1.54, 1.807) is 24.3 Å². The summed E-state index contributed by atoms with van der Waals surface area (Å²) in [6, 6.07) is 7.34. The molecular weight excluding hydrogens is 254 g/mol. The molecular formula is C12H14ClN3O2. The van der Waals surface area contributed by atoms with Crippen LogP contribution in [0.15, 0.2) is 42.5 Å².